The monoisotopic (exact) mass is 252 g/mol. The first kappa shape index (κ1) is 11.5. The molecule has 0 spiro atoms. The minimum Gasteiger partial charge on any atom is -0.394 e. The number of aliphatic hydroxyl groups excluding tert-OH is 3. The summed E-state index contributed by atoms with van der Waals surface area (Å²) in [7, 11) is 0. The molecule has 8 heteroatoms. The molecule has 0 radical (unpaired) electrons. The normalized spacial score (nSPS) is 32.2. The van der Waals surface area contributed by atoms with Crippen molar-refractivity contribution in [2.75, 3.05) is 6.61 Å². The zero-order valence-corrected chi connectivity index (χ0v) is 9.29. The van der Waals surface area contributed by atoms with Gasteiger partial charge in [-0.05, 0) is 0 Å². The van der Waals surface area contributed by atoms with E-state index in [4.69, 9.17) is 9.84 Å². The molecule has 1 aliphatic heterocycles. The van der Waals surface area contributed by atoms with Crippen LogP contribution in [0, 0.1) is 0 Å². The molecule has 3 N–H and O–H groups in total. The van der Waals surface area contributed by atoms with Crippen LogP contribution in [0.15, 0.2) is 18.7 Å². The van der Waals surface area contributed by atoms with E-state index in [-0.39, 0.29) is 6.61 Å². The van der Waals surface area contributed by atoms with Crippen molar-refractivity contribution in [3.05, 3.63) is 18.7 Å². The summed E-state index contributed by atoms with van der Waals surface area (Å²) >= 11 is 0. The van der Waals surface area contributed by atoms with Gasteiger partial charge in [-0.1, -0.05) is 0 Å². The third-order valence-corrected chi connectivity index (χ3v) is 2.98. The third kappa shape index (κ3) is 1.66. The topological polar surface area (TPSA) is 114 Å². The first-order valence-corrected chi connectivity index (χ1v) is 5.48. The average molecular weight is 252 g/mol. The van der Waals surface area contributed by atoms with Crippen LogP contribution in [0.3, 0.4) is 0 Å². The van der Waals surface area contributed by atoms with Crippen LogP contribution in [-0.2, 0) is 4.74 Å². The van der Waals surface area contributed by atoms with Crippen LogP contribution in [-0.4, -0.2) is 60.0 Å². The highest BCUT2D eigenvalue weighted by atomic mass is 16.6. The van der Waals surface area contributed by atoms with Gasteiger partial charge in [-0.25, -0.2) is 14.6 Å². The molecule has 3 rings (SSSR count). The lowest BCUT2D eigenvalue weighted by Gasteiger charge is -2.14. The predicted octanol–water partition coefficient (Wildman–Crippen LogP) is -1.56. The van der Waals surface area contributed by atoms with Crippen LogP contribution < -0.4 is 0 Å². The van der Waals surface area contributed by atoms with E-state index in [1.807, 2.05) is 0 Å². The Bertz CT molecular complexity index is 527. The van der Waals surface area contributed by atoms with Gasteiger partial charge in [-0.3, -0.25) is 0 Å². The second kappa shape index (κ2) is 4.25. The Morgan fingerprint density at radius 1 is 1.33 bits per heavy atom. The van der Waals surface area contributed by atoms with E-state index >= 15 is 0 Å². The lowest BCUT2D eigenvalue weighted by Crippen LogP contribution is -2.33. The summed E-state index contributed by atoms with van der Waals surface area (Å²) in [5.41, 5.74) is 0.475. The molecule has 2 aromatic rings. The number of aromatic nitrogens is 4. The minimum atomic E-state index is -1.15. The van der Waals surface area contributed by atoms with Crippen LogP contribution in [0.2, 0.25) is 0 Å². The quantitative estimate of drug-likeness (QED) is 0.592. The van der Waals surface area contributed by atoms with Crippen LogP contribution in [0.5, 0.6) is 0 Å². The molecular weight excluding hydrogens is 240 g/mol. The second-order valence-electron chi connectivity index (χ2n) is 4.14. The van der Waals surface area contributed by atoms with Crippen LogP contribution in [0.1, 0.15) is 6.23 Å². The molecule has 18 heavy (non-hydrogen) atoms. The predicted molar refractivity (Wildman–Crippen MR) is 58.3 cm³/mol. The molecule has 0 aromatic carbocycles. The lowest BCUT2D eigenvalue weighted by molar-refractivity contribution is -0.0583. The lowest BCUT2D eigenvalue weighted by atomic mass is 10.1. The molecule has 1 saturated heterocycles. The number of aliphatic hydroxyl groups is 3. The van der Waals surface area contributed by atoms with Gasteiger partial charge >= 0.3 is 0 Å². The number of fused-ring (bicyclic) bond motifs is 1. The van der Waals surface area contributed by atoms with Crippen LogP contribution in [0.25, 0.3) is 11.0 Å². The summed E-state index contributed by atoms with van der Waals surface area (Å²) in [4.78, 5) is 7.83. The van der Waals surface area contributed by atoms with Crippen molar-refractivity contribution >= 4 is 11.0 Å². The van der Waals surface area contributed by atoms with Gasteiger partial charge in [0.15, 0.2) is 11.9 Å². The molecule has 0 amide bonds. The largest absolute Gasteiger partial charge is 0.394 e. The molecule has 2 aromatic heterocycles. The van der Waals surface area contributed by atoms with Gasteiger partial charge in [0.1, 0.15) is 24.6 Å². The smallest absolute Gasteiger partial charge is 0.184 e. The van der Waals surface area contributed by atoms with Gasteiger partial charge < -0.3 is 20.1 Å². The highest BCUT2D eigenvalue weighted by molar-refractivity contribution is 5.72. The molecule has 96 valence electrons. The van der Waals surface area contributed by atoms with E-state index in [0.29, 0.717) is 11.0 Å². The van der Waals surface area contributed by atoms with Crippen molar-refractivity contribution in [3.8, 4) is 0 Å². The fourth-order valence-corrected chi connectivity index (χ4v) is 2.02. The van der Waals surface area contributed by atoms with Gasteiger partial charge in [0.05, 0.1) is 12.0 Å². The fraction of sp³-hybridized carbons (Fsp3) is 0.500. The number of nitrogens with zero attached hydrogens (tertiary/aromatic N) is 4. The van der Waals surface area contributed by atoms with Gasteiger partial charge in [-0.15, -0.1) is 5.10 Å². The molecule has 8 nitrogen and oxygen atoms in total. The molecular formula is C10H12N4O4. The van der Waals surface area contributed by atoms with E-state index in [0.717, 1.165) is 0 Å². The second-order valence-corrected chi connectivity index (χ2v) is 4.14. The minimum absolute atomic E-state index is 0.366. The van der Waals surface area contributed by atoms with E-state index in [1.54, 1.807) is 12.4 Å². The maximum Gasteiger partial charge on any atom is 0.184 e. The summed E-state index contributed by atoms with van der Waals surface area (Å²) in [6, 6.07) is 0. The Morgan fingerprint density at radius 2 is 2.17 bits per heavy atom. The maximum absolute atomic E-state index is 9.85. The highest BCUT2D eigenvalue weighted by Crippen LogP contribution is 2.29. The Balaban J connectivity index is 1.95. The van der Waals surface area contributed by atoms with Gasteiger partial charge in [0.2, 0.25) is 0 Å². The number of hydrogen-bond donors (Lipinski definition) is 3. The first-order chi connectivity index (χ1) is 8.70. The van der Waals surface area contributed by atoms with Crippen LogP contribution in [0.4, 0.5) is 0 Å². The molecule has 1 aliphatic rings. The summed E-state index contributed by atoms with van der Waals surface area (Å²) in [5.74, 6) is 0. The van der Waals surface area contributed by atoms with E-state index < -0.39 is 24.5 Å². The Hall–Kier alpha value is -1.61. The van der Waals surface area contributed by atoms with Gasteiger partial charge in [0.25, 0.3) is 0 Å². The van der Waals surface area contributed by atoms with E-state index in [1.165, 1.54) is 11.0 Å². The summed E-state index contributed by atoms with van der Waals surface area (Å²) < 4.78 is 6.73. The summed E-state index contributed by atoms with van der Waals surface area (Å²) in [6.45, 7) is -0.366. The van der Waals surface area contributed by atoms with Crippen molar-refractivity contribution in [1.29, 1.82) is 0 Å². The Labute approximate surface area is 101 Å². The van der Waals surface area contributed by atoms with E-state index in [9.17, 15) is 10.2 Å². The fourth-order valence-electron chi connectivity index (χ4n) is 2.02. The van der Waals surface area contributed by atoms with Crippen molar-refractivity contribution < 1.29 is 20.1 Å². The SMILES string of the molecule is OC[C@H]1O[C@@H](n2cc3cncnc3n2)[C@H](O)[C@@H]1O. The molecule has 3 heterocycles. The zero-order valence-electron chi connectivity index (χ0n) is 9.29. The standard InChI is InChI=1S/C10H12N4O4/c15-3-6-7(16)8(17)10(18-6)14-2-5-1-11-4-12-9(5)13-14/h1-2,4,6-8,10,15-17H,3H2/t6-,7-,8-,10-/m1/s1. The number of rotatable bonds is 2. The molecule has 0 unspecified atom stereocenters. The summed E-state index contributed by atoms with van der Waals surface area (Å²) in [5, 5.41) is 33.4. The number of hydrogen-bond acceptors (Lipinski definition) is 7. The Morgan fingerprint density at radius 3 is 2.83 bits per heavy atom. The van der Waals surface area contributed by atoms with Crippen molar-refractivity contribution in [2.45, 2.75) is 24.5 Å². The molecule has 0 saturated carbocycles. The molecule has 4 atom stereocenters. The van der Waals surface area contributed by atoms with Gasteiger partial charge in [0, 0.05) is 12.4 Å². The van der Waals surface area contributed by atoms with Crippen molar-refractivity contribution in [2.24, 2.45) is 0 Å². The van der Waals surface area contributed by atoms with Crippen molar-refractivity contribution in [1.82, 2.24) is 19.7 Å². The Kier molecular flexibility index (Phi) is 2.71. The summed E-state index contributed by atoms with van der Waals surface area (Å²) in [6.07, 6.45) is 0.636. The van der Waals surface area contributed by atoms with Gasteiger partial charge in [-0.2, -0.15) is 0 Å². The van der Waals surface area contributed by atoms with E-state index in [2.05, 4.69) is 15.1 Å². The maximum atomic E-state index is 9.85. The molecule has 0 aliphatic carbocycles. The average Bonchev–Trinajstić information content (AvgIpc) is 2.92. The molecule has 0 bridgehead atoms. The first-order valence-electron chi connectivity index (χ1n) is 5.48. The van der Waals surface area contributed by atoms with Crippen molar-refractivity contribution in [3.63, 3.8) is 0 Å². The third-order valence-electron chi connectivity index (χ3n) is 2.98. The highest BCUT2D eigenvalue weighted by Gasteiger charge is 2.43. The number of ether oxygens (including phenoxy) is 1. The zero-order chi connectivity index (χ0) is 12.7. The van der Waals surface area contributed by atoms with Crippen LogP contribution >= 0.6 is 0 Å². The molecule has 1 fully saturated rings.